The molecule has 0 bridgehead atoms. The Morgan fingerprint density at radius 3 is 2.17 bits per heavy atom. The predicted molar refractivity (Wildman–Crippen MR) is 49.0 cm³/mol. The van der Waals surface area contributed by atoms with E-state index in [1.54, 1.807) is 22.6 Å². The smallest absolute Gasteiger partial charge is 0.149 e. The largest absolute Gasteiger partial charge is 0.394 e. The highest BCUT2D eigenvalue weighted by Crippen LogP contribution is 2.13. The lowest BCUT2D eigenvalue weighted by Crippen LogP contribution is -2.42. The molecule has 0 saturated carbocycles. The van der Waals surface area contributed by atoms with Crippen molar-refractivity contribution in [1.29, 1.82) is 0 Å². The lowest BCUT2D eigenvalue weighted by Gasteiger charge is -2.22. The van der Waals surface area contributed by atoms with Crippen LogP contribution in [0.25, 0.3) is 0 Å². The molecule has 0 aliphatic heterocycles. The molecule has 0 aliphatic carbocycles. The van der Waals surface area contributed by atoms with Gasteiger partial charge in [-0.2, -0.15) is 0 Å². The second-order valence-electron chi connectivity index (χ2n) is 2.31. The van der Waals surface area contributed by atoms with Crippen molar-refractivity contribution in [1.82, 2.24) is 0 Å². The van der Waals surface area contributed by atoms with Crippen LogP contribution in [0.15, 0.2) is 0 Å². The molecule has 6 heteroatoms. The van der Waals surface area contributed by atoms with E-state index in [1.165, 1.54) is 0 Å². The first-order valence-corrected chi connectivity index (χ1v) is 4.53. The van der Waals surface area contributed by atoms with Gasteiger partial charge in [0.15, 0.2) is 0 Å². The summed E-state index contributed by atoms with van der Waals surface area (Å²) in [5.41, 5.74) is 0. The third kappa shape index (κ3) is 3.31. The fourth-order valence-electron chi connectivity index (χ4n) is 0.597. The van der Waals surface area contributed by atoms with Crippen molar-refractivity contribution >= 4 is 28.9 Å². The topological polar surface area (TPSA) is 98.0 Å². The van der Waals surface area contributed by atoms with Crippen LogP contribution < -0.4 is 0 Å². The van der Waals surface area contributed by atoms with E-state index in [1.807, 2.05) is 0 Å². The number of carbonyl (C=O) groups excluding carboxylic acids is 1. The van der Waals surface area contributed by atoms with Crippen LogP contribution in [0.1, 0.15) is 0 Å². The van der Waals surface area contributed by atoms with Crippen molar-refractivity contribution in [2.24, 2.45) is 0 Å². The number of alkyl halides is 1. The summed E-state index contributed by atoms with van der Waals surface area (Å²) in [6.45, 7) is -0.605. The van der Waals surface area contributed by atoms with Gasteiger partial charge < -0.3 is 25.2 Å². The molecule has 0 aliphatic rings. The molecule has 0 saturated heterocycles. The Morgan fingerprint density at radius 2 is 1.83 bits per heavy atom. The SMILES string of the molecule is O=C[C@@H](O)[C@@H]([124I])[C@H](O)[C@H](O)CO. The zero-order chi connectivity index (χ0) is 9.72. The van der Waals surface area contributed by atoms with Gasteiger partial charge in [0.05, 0.1) is 16.6 Å². The van der Waals surface area contributed by atoms with Crippen molar-refractivity contribution in [3.8, 4) is 0 Å². The van der Waals surface area contributed by atoms with Crippen LogP contribution in [0, 0.1) is 0 Å². The van der Waals surface area contributed by atoms with Crippen LogP contribution in [-0.2, 0) is 4.79 Å². The summed E-state index contributed by atoms with van der Waals surface area (Å²) in [4.78, 5) is 10.1. The molecule has 0 aromatic carbocycles. The maximum absolute atomic E-state index is 10.1. The monoisotopic (exact) mass is 287 g/mol. The maximum atomic E-state index is 10.1. The standard InChI is InChI=1S/C6H11IO5/c7-5(3(10)1-8)6(12)4(11)2-9/h1,3-6,9-12H,2H2/t3-,4-,5-,6-/m1/s1/i7-3. The Labute approximate surface area is 83.2 Å². The lowest BCUT2D eigenvalue weighted by molar-refractivity contribution is -0.116. The summed E-state index contributed by atoms with van der Waals surface area (Å²) in [5.74, 6) is 0. The Kier molecular flexibility index (Phi) is 5.93. The first kappa shape index (κ1) is 12.2. The summed E-state index contributed by atoms with van der Waals surface area (Å²) in [7, 11) is 0. The Balaban J connectivity index is 4.07. The molecule has 0 heterocycles. The minimum Gasteiger partial charge on any atom is -0.394 e. The van der Waals surface area contributed by atoms with Gasteiger partial charge in [0.25, 0.3) is 0 Å². The fraction of sp³-hybridized carbons (Fsp3) is 0.833. The van der Waals surface area contributed by atoms with Crippen LogP contribution in [0.3, 0.4) is 0 Å². The number of hydrogen-bond donors (Lipinski definition) is 4. The van der Waals surface area contributed by atoms with Crippen molar-refractivity contribution in [2.75, 3.05) is 6.61 Å². The molecule has 0 amide bonds. The van der Waals surface area contributed by atoms with Gasteiger partial charge in [-0.25, -0.2) is 0 Å². The number of rotatable bonds is 5. The molecule has 0 spiro atoms. The fourth-order valence-corrected chi connectivity index (χ4v) is 1.25. The molecular weight excluding hydrogens is 276 g/mol. The number of aliphatic hydroxyl groups is 4. The average Bonchev–Trinajstić information content (AvgIpc) is 2.12. The molecule has 4 N–H and O–H groups in total. The van der Waals surface area contributed by atoms with Crippen molar-refractivity contribution in [2.45, 2.75) is 22.2 Å². The zero-order valence-electron chi connectivity index (χ0n) is 6.17. The number of carbonyl (C=O) groups is 1. The van der Waals surface area contributed by atoms with Crippen LogP contribution in [0.4, 0.5) is 0 Å². The molecule has 5 nitrogen and oxygen atoms in total. The van der Waals surface area contributed by atoms with Gasteiger partial charge in [0.1, 0.15) is 18.5 Å². The van der Waals surface area contributed by atoms with Gasteiger partial charge >= 0.3 is 0 Å². The lowest BCUT2D eigenvalue weighted by atomic mass is 10.1. The van der Waals surface area contributed by atoms with Gasteiger partial charge in [-0.1, -0.05) is 22.6 Å². The van der Waals surface area contributed by atoms with E-state index in [0.29, 0.717) is 0 Å². The van der Waals surface area contributed by atoms with Crippen molar-refractivity contribution in [3.63, 3.8) is 0 Å². The van der Waals surface area contributed by atoms with E-state index in [2.05, 4.69) is 0 Å². The molecule has 12 heavy (non-hydrogen) atoms. The summed E-state index contributed by atoms with van der Waals surface area (Å²) < 4.78 is -0.817. The second-order valence-corrected chi connectivity index (χ2v) is 3.75. The molecule has 0 aromatic rings. The molecule has 0 fully saturated rings. The van der Waals surface area contributed by atoms with E-state index >= 15 is 0 Å². The summed E-state index contributed by atoms with van der Waals surface area (Å²) in [5, 5.41) is 35.4. The summed E-state index contributed by atoms with van der Waals surface area (Å²) in [6, 6.07) is 0. The van der Waals surface area contributed by atoms with E-state index in [4.69, 9.17) is 20.4 Å². The van der Waals surface area contributed by atoms with Gasteiger partial charge in [-0.3, -0.25) is 0 Å². The quantitative estimate of drug-likeness (QED) is 0.268. The molecular formula is C6H11IO5. The maximum Gasteiger partial charge on any atom is 0.149 e. The van der Waals surface area contributed by atoms with Crippen LogP contribution >= 0.6 is 22.6 Å². The number of halogens is 1. The van der Waals surface area contributed by atoms with Crippen molar-refractivity contribution in [3.05, 3.63) is 0 Å². The number of hydrogen-bond acceptors (Lipinski definition) is 5. The first-order chi connectivity index (χ1) is 5.54. The highest BCUT2D eigenvalue weighted by atomic mass is 124. The Bertz CT molecular complexity index is 142. The Hall–Kier alpha value is 0.240. The molecule has 0 rings (SSSR count). The third-order valence-electron chi connectivity index (χ3n) is 1.37. The van der Waals surface area contributed by atoms with Gasteiger partial charge in [-0.15, -0.1) is 0 Å². The molecule has 0 radical (unpaired) electrons. The normalized spacial score (nSPS) is 21.1. The Morgan fingerprint density at radius 1 is 1.33 bits per heavy atom. The van der Waals surface area contributed by atoms with Gasteiger partial charge in [0, 0.05) is 0 Å². The summed E-state index contributed by atoms with van der Waals surface area (Å²) >= 11 is 1.63. The average molecular weight is 287 g/mol. The van der Waals surface area contributed by atoms with Crippen LogP contribution in [0.5, 0.6) is 0 Å². The zero-order valence-corrected chi connectivity index (χ0v) is 8.33. The first-order valence-electron chi connectivity index (χ1n) is 3.29. The molecule has 4 atom stereocenters. The second kappa shape index (κ2) is 5.81. The minimum atomic E-state index is -1.33. The summed E-state index contributed by atoms with van der Waals surface area (Å²) in [6.07, 6.45) is -3.70. The van der Waals surface area contributed by atoms with E-state index < -0.39 is 28.8 Å². The molecule has 72 valence electrons. The molecule has 0 unspecified atom stereocenters. The van der Waals surface area contributed by atoms with E-state index in [0.717, 1.165) is 0 Å². The predicted octanol–water partition coefficient (Wildman–Crippen LogP) is -1.94. The van der Waals surface area contributed by atoms with E-state index in [-0.39, 0.29) is 6.29 Å². The number of aldehydes is 1. The van der Waals surface area contributed by atoms with E-state index in [9.17, 15) is 4.79 Å². The van der Waals surface area contributed by atoms with Crippen LogP contribution in [-0.4, -0.2) is 55.6 Å². The molecule has 0 aromatic heterocycles. The third-order valence-corrected chi connectivity index (χ3v) is 2.85. The van der Waals surface area contributed by atoms with Gasteiger partial charge in [0.2, 0.25) is 0 Å². The minimum absolute atomic E-state index is 0.268. The van der Waals surface area contributed by atoms with Crippen LogP contribution in [0.2, 0.25) is 0 Å². The number of aliphatic hydroxyl groups excluding tert-OH is 4. The highest BCUT2D eigenvalue weighted by Gasteiger charge is 2.28. The van der Waals surface area contributed by atoms with Gasteiger partial charge in [-0.05, 0) is 0 Å². The highest BCUT2D eigenvalue weighted by molar-refractivity contribution is 14.1. The van der Waals surface area contributed by atoms with Crippen molar-refractivity contribution < 1.29 is 25.2 Å².